The lowest BCUT2D eigenvalue weighted by atomic mass is 9.96. The first-order chi connectivity index (χ1) is 14.7. The topological polar surface area (TPSA) is 49.0 Å². The Labute approximate surface area is 175 Å². The smallest absolute Gasteiger partial charge is 0.117 e. The maximum Gasteiger partial charge on any atom is 0.117 e. The maximum absolute atomic E-state index is 9.95. The number of phenols is 1. The number of phenolic OH excluding ortho intramolecular Hbond substituents is 1. The van der Waals surface area contributed by atoms with Crippen LogP contribution in [-0.4, -0.2) is 9.67 Å². The van der Waals surface area contributed by atoms with E-state index in [0.717, 1.165) is 27.7 Å². The minimum atomic E-state index is 0.206. The van der Waals surface area contributed by atoms with E-state index in [1.165, 1.54) is 16.3 Å². The van der Waals surface area contributed by atoms with Gasteiger partial charge in [0.2, 0.25) is 0 Å². The Morgan fingerprint density at radius 1 is 0.833 bits per heavy atom. The zero-order chi connectivity index (χ0) is 20.7. The average Bonchev–Trinajstić information content (AvgIpc) is 3.11. The minimum Gasteiger partial charge on any atom is -0.508 e. The quantitative estimate of drug-likeness (QED) is 0.373. The number of hydrogen-bond acceptors (Lipinski definition) is 2. The van der Waals surface area contributed by atoms with E-state index in [1.54, 1.807) is 12.1 Å². The molecular formula is C27H20N2O. The summed E-state index contributed by atoms with van der Waals surface area (Å²) in [5.74, 6) is 0.206. The van der Waals surface area contributed by atoms with Gasteiger partial charge in [-0.2, -0.15) is 5.26 Å². The second-order valence-corrected chi connectivity index (χ2v) is 7.39. The van der Waals surface area contributed by atoms with Gasteiger partial charge in [0.15, 0.2) is 0 Å². The number of aromatic nitrogens is 1. The lowest BCUT2D eigenvalue weighted by molar-refractivity contribution is 0.476. The minimum absolute atomic E-state index is 0.206. The third-order valence-corrected chi connectivity index (χ3v) is 5.74. The highest BCUT2D eigenvalue weighted by molar-refractivity contribution is 5.98. The summed E-state index contributed by atoms with van der Waals surface area (Å²) in [6.45, 7) is 2.76. The third-order valence-electron chi connectivity index (χ3n) is 5.74. The predicted octanol–water partition coefficient (Wildman–Crippen LogP) is 6.73. The molecule has 0 spiro atoms. The molecular weight excluding hydrogens is 368 g/mol. The van der Waals surface area contributed by atoms with E-state index in [0.29, 0.717) is 12.1 Å². The fourth-order valence-corrected chi connectivity index (χ4v) is 4.36. The van der Waals surface area contributed by atoms with Gasteiger partial charge in [0, 0.05) is 18.0 Å². The Balaban J connectivity index is 1.68. The molecule has 5 aromatic rings. The van der Waals surface area contributed by atoms with Crippen molar-refractivity contribution in [2.75, 3.05) is 0 Å². The van der Waals surface area contributed by atoms with Gasteiger partial charge < -0.3 is 9.67 Å². The van der Waals surface area contributed by atoms with Crippen LogP contribution in [0.25, 0.3) is 44.1 Å². The summed E-state index contributed by atoms with van der Waals surface area (Å²) in [5.41, 5.74) is 5.75. The Morgan fingerprint density at radius 3 is 2.33 bits per heavy atom. The van der Waals surface area contributed by atoms with Crippen LogP contribution in [-0.2, 0) is 6.54 Å². The number of nitriles is 1. The monoisotopic (exact) mass is 388 g/mol. The van der Waals surface area contributed by atoms with Crippen molar-refractivity contribution in [2.24, 2.45) is 0 Å². The molecule has 0 unspecified atom stereocenters. The first kappa shape index (κ1) is 18.0. The Bertz CT molecular complexity index is 1430. The van der Waals surface area contributed by atoms with Gasteiger partial charge in [0.25, 0.3) is 0 Å². The first-order valence-corrected chi connectivity index (χ1v) is 10.0. The molecule has 0 radical (unpaired) electrons. The number of fused-ring (bicyclic) bond motifs is 2. The summed E-state index contributed by atoms with van der Waals surface area (Å²) in [7, 11) is 0. The number of rotatable bonds is 3. The number of hydrogen-bond donors (Lipinski definition) is 1. The van der Waals surface area contributed by atoms with Crippen molar-refractivity contribution < 1.29 is 5.11 Å². The van der Waals surface area contributed by atoms with Gasteiger partial charge in [-0.25, -0.2) is 0 Å². The molecule has 0 amide bonds. The molecule has 1 N–H and O–H groups in total. The van der Waals surface area contributed by atoms with E-state index >= 15 is 0 Å². The molecule has 0 saturated heterocycles. The van der Waals surface area contributed by atoms with E-state index in [4.69, 9.17) is 0 Å². The summed E-state index contributed by atoms with van der Waals surface area (Å²) in [5, 5.41) is 23.1. The molecule has 0 atom stereocenters. The molecule has 0 aliphatic carbocycles. The van der Waals surface area contributed by atoms with Crippen LogP contribution >= 0.6 is 0 Å². The normalized spacial score (nSPS) is 11.1. The molecule has 1 aromatic heterocycles. The number of aromatic hydroxyl groups is 1. The molecule has 30 heavy (non-hydrogen) atoms. The molecule has 4 aromatic carbocycles. The summed E-state index contributed by atoms with van der Waals surface area (Å²) in [6.07, 6.45) is 0. The first-order valence-electron chi connectivity index (χ1n) is 10.0. The molecule has 0 bridgehead atoms. The second-order valence-electron chi connectivity index (χ2n) is 7.39. The predicted molar refractivity (Wildman–Crippen MR) is 122 cm³/mol. The molecule has 0 saturated carbocycles. The van der Waals surface area contributed by atoms with Gasteiger partial charge in [-0.3, -0.25) is 0 Å². The molecule has 144 valence electrons. The average molecular weight is 388 g/mol. The van der Waals surface area contributed by atoms with Gasteiger partial charge in [-0.05, 0) is 46.5 Å². The van der Waals surface area contributed by atoms with E-state index in [-0.39, 0.29) is 5.75 Å². The zero-order valence-electron chi connectivity index (χ0n) is 16.6. The Morgan fingerprint density at radius 2 is 1.57 bits per heavy atom. The van der Waals surface area contributed by atoms with Crippen molar-refractivity contribution in [1.29, 1.82) is 5.26 Å². The highest BCUT2D eigenvalue weighted by atomic mass is 16.3. The molecule has 5 rings (SSSR count). The Hall–Kier alpha value is -4.03. The van der Waals surface area contributed by atoms with Crippen molar-refractivity contribution in [3.05, 3.63) is 90.5 Å². The molecule has 3 nitrogen and oxygen atoms in total. The van der Waals surface area contributed by atoms with E-state index in [9.17, 15) is 10.4 Å². The third kappa shape index (κ3) is 2.74. The summed E-state index contributed by atoms with van der Waals surface area (Å²) >= 11 is 0. The largest absolute Gasteiger partial charge is 0.508 e. The van der Waals surface area contributed by atoms with Gasteiger partial charge in [-0.15, -0.1) is 0 Å². The van der Waals surface area contributed by atoms with Crippen LogP contribution in [0, 0.1) is 11.3 Å². The van der Waals surface area contributed by atoms with Crippen LogP contribution in [0.15, 0.2) is 84.9 Å². The van der Waals surface area contributed by atoms with E-state index < -0.39 is 0 Å². The van der Waals surface area contributed by atoms with Crippen molar-refractivity contribution in [1.82, 2.24) is 4.57 Å². The van der Waals surface area contributed by atoms with Crippen LogP contribution in [0.4, 0.5) is 0 Å². The van der Waals surface area contributed by atoms with Crippen LogP contribution in [0.2, 0.25) is 0 Å². The number of benzene rings is 4. The summed E-state index contributed by atoms with van der Waals surface area (Å²) in [4.78, 5) is 0. The molecule has 0 aliphatic rings. The number of nitrogens with zero attached hydrogens (tertiary/aromatic N) is 2. The van der Waals surface area contributed by atoms with E-state index in [2.05, 4.69) is 84.3 Å². The Kier molecular flexibility index (Phi) is 4.26. The SMILES string of the molecule is CCn1c(-c2ccc(-c3cccc4ccccc34)cc2)c(C#N)c2ccc(O)cc21. The standard InChI is InChI=1S/C27H20N2O/c1-2-29-26-16-21(30)14-15-24(26)25(17-28)27(29)20-12-10-19(11-13-20)23-9-5-7-18-6-3-4-8-22(18)23/h3-16,30H,2H2,1H3. The highest BCUT2D eigenvalue weighted by Gasteiger charge is 2.18. The van der Waals surface area contributed by atoms with E-state index in [1.807, 2.05) is 6.07 Å². The highest BCUT2D eigenvalue weighted by Crippen LogP contribution is 2.36. The molecule has 1 heterocycles. The summed E-state index contributed by atoms with van der Waals surface area (Å²) < 4.78 is 2.10. The lowest BCUT2D eigenvalue weighted by Gasteiger charge is -2.11. The van der Waals surface area contributed by atoms with Gasteiger partial charge in [0.05, 0.1) is 16.8 Å². The second kappa shape index (κ2) is 7.09. The summed E-state index contributed by atoms with van der Waals surface area (Å²) in [6, 6.07) is 30.7. The zero-order valence-corrected chi connectivity index (χ0v) is 16.6. The van der Waals surface area contributed by atoms with Crippen LogP contribution < -0.4 is 0 Å². The molecule has 0 aliphatic heterocycles. The molecule has 0 fully saturated rings. The molecule has 3 heteroatoms. The lowest BCUT2D eigenvalue weighted by Crippen LogP contribution is -1.97. The van der Waals surface area contributed by atoms with Crippen LogP contribution in [0.5, 0.6) is 5.75 Å². The van der Waals surface area contributed by atoms with Crippen LogP contribution in [0.1, 0.15) is 12.5 Å². The van der Waals surface area contributed by atoms with Crippen molar-refractivity contribution >= 4 is 21.7 Å². The number of aryl methyl sites for hydroxylation is 1. The maximum atomic E-state index is 9.95. The van der Waals surface area contributed by atoms with Crippen molar-refractivity contribution in [2.45, 2.75) is 13.5 Å². The van der Waals surface area contributed by atoms with Crippen molar-refractivity contribution in [3.8, 4) is 34.2 Å². The van der Waals surface area contributed by atoms with Gasteiger partial charge >= 0.3 is 0 Å². The van der Waals surface area contributed by atoms with Gasteiger partial charge in [0.1, 0.15) is 11.8 Å². The van der Waals surface area contributed by atoms with Crippen LogP contribution in [0.3, 0.4) is 0 Å². The van der Waals surface area contributed by atoms with Gasteiger partial charge in [-0.1, -0.05) is 66.7 Å². The fraction of sp³-hybridized carbons (Fsp3) is 0.0741. The van der Waals surface area contributed by atoms with Crippen molar-refractivity contribution in [3.63, 3.8) is 0 Å². The fourth-order valence-electron chi connectivity index (χ4n) is 4.36.